The standard InChI is InChI=1S/C12H18O3/c1-5-9-13-11(7-3)15-12(8-4)14-10-6-2/h5-8H,1-2,9-10H2,3-4H3. The molecule has 0 fully saturated rings. The van der Waals surface area contributed by atoms with Crippen molar-refractivity contribution in [3.8, 4) is 0 Å². The average molecular weight is 210 g/mol. The largest absolute Gasteiger partial charge is 0.461 e. The molecule has 0 saturated carbocycles. The summed E-state index contributed by atoms with van der Waals surface area (Å²) in [6, 6.07) is 0. The second-order valence-electron chi connectivity index (χ2n) is 2.52. The van der Waals surface area contributed by atoms with Crippen LogP contribution in [-0.4, -0.2) is 13.2 Å². The van der Waals surface area contributed by atoms with E-state index in [1.54, 1.807) is 24.3 Å². The lowest BCUT2D eigenvalue weighted by Crippen LogP contribution is -2.01. The maximum absolute atomic E-state index is 5.34. The summed E-state index contributed by atoms with van der Waals surface area (Å²) in [6.07, 6.45) is 6.72. The molecular formula is C12H18O3. The third kappa shape index (κ3) is 6.43. The van der Waals surface area contributed by atoms with Crippen molar-refractivity contribution >= 4 is 0 Å². The molecule has 0 aliphatic carbocycles. The van der Waals surface area contributed by atoms with E-state index >= 15 is 0 Å². The predicted molar refractivity (Wildman–Crippen MR) is 60.9 cm³/mol. The van der Waals surface area contributed by atoms with Crippen molar-refractivity contribution < 1.29 is 14.2 Å². The van der Waals surface area contributed by atoms with Crippen molar-refractivity contribution in [2.24, 2.45) is 0 Å². The van der Waals surface area contributed by atoms with Crippen LogP contribution < -0.4 is 0 Å². The molecular weight excluding hydrogens is 192 g/mol. The van der Waals surface area contributed by atoms with Gasteiger partial charge in [0.15, 0.2) is 0 Å². The predicted octanol–water partition coefficient (Wildman–Crippen LogP) is 3.13. The molecule has 0 aromatic rings. The minimum Gasteiger partial charge on any atom is -0.461 e. The van der Waals surface area contributed by atoms with Crippen LogP contribution in [0.3, 0.4) is 0 Å². The molecule has 0 unspecified atom stereocenters. The Bertz CT molecular complexity index is 226. The molecule has 0 N–H and O–H groups in total. The lowest BCUT2D eigenvalue weighted by atomic mass is 10.6. The number of ether oxygens (including phenoxy) is 3. The first kappa shape index (κ1) is 13.4. The maximum Gasteiger partial charge on any atom is 0.283 e. The van der Waals surface area contributed by atoms with Gasteiger partial charge in [-0.1, -0.05) is 25.3 Å². The highest BCUT2D eigenvalue weighted by molar-refractivity contribution is 4.90. The first-order valence-electron chi connectivity index (χ1n) is 4.76. The highest BCUT2D eigenvalue weighted by Crippen LogP contribution is 2.09. The smallest absolute Gasteiger partial charge is 0.283 e. The van der Waals surface area contributed by atoms with Crippen LogP contribution in [0.2, 0.25) is 0 Å². The minimum absolute atomic E-state index is 0.395. The molecule has 0 aromatic heterocycles. The molecule has 0 aliphatic rings. The molecule has 0 amide bonds. The fraction of sp³-hybridized carbons (Fsp3) is 0.333. The van der Waals surface area contributed by atoms with Gasteiger partial charge in [0.25, 0.3) is 11.9 Å². The highest BCUT2D eigenvalue weighted by atomic mass is 16.7. The molecule has 3 nitrogen and oxygen atoms in total. The van der Waals surface area contributed by atoms with E-state index in [9.17, 15) is 0 Å². The minimum atomic E-state index is 0.395. The van der Waals surface area contributed by atoms with Gasteiger partial charge < -0.3 is 14.2 Å². The van der Waals surface area contributed by atoms with Gasteiger partial charge in [-0.3, -0.25) is 0 Å². The van der Waals surface area contributed by atoms with Crippen molar-refractivity contribution in [3.63, 3.8) is 0 Å². The quantitative estimate of drug-likeness (QED) is 0.455. The van der Waals surface area contributed by atoms with Gasteiger partial charge in [-0.15, -0.1) is 0 Å². The molecule has 3 heteroatoms. The Kier molecular flexibility index (Phi) is 7.96. The summed E-state index contributed by atoms with van der Waals surface area (Å²) in [5.74, 6) is 0.791. The van der Waals surface area contributed by atoms with E-state index in [4.69, 9.17) is 14.2 Å². The topological polar surface area (TPSA) is 27.7 Å². The Morgan fingerprint density at radius 3 is 1.60 bits per heavy atom. The summed E-state index contributed by atoms with van der Waals surface area (Å²) < 4.78 is 15.8. The van der Waals surface area contributed by atoms with Crippen LogP contribution in [0.1, 0.15) is 13.8 Å². The fourth-order valence-electron chi connectivity index (χ4n) is 0.725. The molecule has 0 heterocycles. The Balaban J connectivity index is 4.13. The van der Waals surface area contributed by atoms with Crippen LogP contribution in [0.15, 0.2) is 49.4 Å². The molecule has 0 aromatic carbocycles. The van der Waals surface area contributed by atoms with Gasteiger partial charge in [0.1, 0.15) is 13.2 Å². The Hall–Kier alpha value is -1.64. The zero-order valence-electron chi connectivity index (χ0n) is 9.36. The zero-order valence-corrected chi connectivity index (χ0v) is 9.36. The van der Waals surface area contributed by atoms with E-state index in [2.05, 4.69) is 13.2 Å². The van der Waals surface area contributed by atoms with Crippen molar-refractivity contribution in [1.82, 2.24) is 0 Å². The van der Waals surface area contributed by atoms with Gasteiger partial charge in [0, 0.05) is 0 Å². The van der Waals surface area contributed by atoms with Gasteiger partial charge in [0.05, 0.1) is 0 Å². The van der Waals surface area contributed by atoms with E-state index in [1.807, 2.05) is 13.8 Å². The fourth-order valence-corrected chi connectivity index (χ4v) is 0.725. The first-order chi connectivity index (χ1) is 7.28. The average Bonchev–Trinajstić information content (AvgIpc) is 2.28. The van der Waals surface area contributed by atoms with E-state index in [-0.39, 0.29) is 0 Å². The Morgan fingerprint density at radius 1 is 0.933 bits per heavy atom. The van der Waals surface area contributed by atoms with E-state index < -0.39 is 0 Å². The van der Waals surface area contributed by atoms with Crippen molar-refractivity contribution in [2.45, 2.75) is 13.8 Å². The molecule has 0 atom stereocenters. The SMILES string of the molecule is C=CCOC(=CC)OC(=CC)OCC=C. The van der Waals surface area contributed by atoms with Gasteiger partial charge in [-0.2, -0.15) is 0 Å². The summed E-state index contributed by atoms with van der Waals surface area (Å²) in [5.41, 5.74) is 0. The van der Waals surface area contributed by atoms with Crippen LogP contribution in [0.4, 0.5) is 0 Å². The third-order valence-electron chi connectivity index (χ3n) is 1.36. The van der Waals surface area contributed by atoms with E-state index in [0.29, 0.717) is 25.1 Å². The second-order valence-corrected chi connectivity index (χ2v) is 2.52. The first-order valence-corrected chi connectivity index (χ1v) is 4.76. The number of hydrogen-bond acceptors (Lipinski definition) is 3. The summed E-state index contributed by atoms with van der Waals surface area (Å²) in [7, 11) is 0. The van der Waals surface area contributed by atoms with Crippen molar-refractivity contribution in [3.05, 3.63) is 49.4 Å². The van der Waals surface area contributed by atoms with Crippen LogP contribution in [0.5, 0.6) is 0 Å². The number of hydrogen-bond donors (Lipinski definition) is 0. The maximum atomic E-state index is 5.34. The second kappa shape index (κ2) is 8.94. The molecule has 0 spiro atoms. The highest BCUT2D eigenvalue weighted by Gasteiger charge is 2.02. The molecule has 0 radical (unpaired) electrons. The van der Waals surface area contributed by atoms with Crippen LogP contribution in [0.25, 0.3) is 0 Å². The van der Waals surface area contributed by atoms with Crippen LogP contribution in [-0.2, 0) is 14.2 Å². The molecule has 0 saturated heterocycles. The van der Waals surface area contributed by atoms with Gasteiger partial charge in [-0.05, 0) is 26.0 Å². The Labute approximate surface area is 91.3 Å². The number of rotatable bonds is 8. The summed E-state index contributed by atoms with van der Waals surface area (Å²) >= 11 is 0. The molecule has 84 valence electrons. The van der Waals surface area contributed by atoms with E-state index in [0.717, 1.165) is 0 Å². The van der Waals surface area contributed by atoms with Gasteiger partial charge >= 0.3 is 0 Å². The lowest BCUT2D eigenvalue weighted by molar-refractivity contribution is 0.00746. The molecule has 0 rings (SSSR count). The van der Waals surface area contributed by atoms with Crippen LogP contribution >= 0.6 is 0 Å². The molecule has 15 heavy (non-hydrogen) atoms. The van der Waals surface area contributed by atoms with Crippen LogP contribution in [0, 0.1) is 0 Å². The van der Waals surface area contributed by atoms with Gasteiger partial charge in [0.2, 0.25) is 0 Å². The van der Waals surface area contributed by atoms with Crippen molar-refractivity contribution in [1.29, 1.82) is 0 Å². The Morgan fingerprint density at radius 2 is 1.33 bits per heavy atom. The summed E-state index contributed by atoms with van der Waals surface area (Å²) in [6.45, 7) is 11.5. The van der Waals surface area contributed by atoms with Crippen molar-refractivity contribution in [2.75, 3.05) is 13.2 Å². The van der Waals surface area contributed by atoms with Gasteiger partial charge in [-0.25, -0.2) is 0 Å². The normalized spacial score (nSPS) is 11.9. The molecule has 0 aliphatic heterocycles. The zero-order chi connectivity index (χ0) is 11.5. The summed E-state index contributed by atoms with van der Waals surface area (Å²) in [4.78, 5) is 0. The lowest BCUT2D eigenvalue weighted by Gasteiger charge is -2.12. The number of allylic oxidation sites excluding steroid dienone is 2. The van der Waals surface area contributed by atoms with E-state index in [1.165, 1.54) is 0 Å². The monoisotopic (exact) mass is 210 g/mol. The molecule has 0 bridgehead atoms. The summed E-state index contributed by atoms with van der Waals surface area (Å²) in [5, 5.41) is 0. The third-order valence-corrected chi connectivity index (χ3v) is 1.36.